The van der Waals surface area contributed by atoms with Gasteiger partial charge in [0, 0.05) is 41.8 Å². The van der Waals surface area contributed by atoms with Gasteiger partial charge in [-0.3, -0.25) is 9.98 Å². The molecule has 34 heavy (non-hydrogen) atoms. The van der Waals surface area contributed by atoms with Crippen molar-refractivity contribution >= 4 is 33.1 Å². The third kappa shape index (κ3) is 4.58. The molecule has 5 rings (SSSR count). The molecule has 2 fully saturated rings. The van der Waals surface area contributed by atoms with E-state index in [1.807, 2.05) is 24.7 Å². The molecule has 0 unspecified atom stereocenters. The van der Waals surface area contributed by atoms with Crippen molar-refractivity contribution in [2.75, 3.05) is 25.7 Å². The van der Waals surface area contributed by atoms with Gasteiger partial charge in [-0.15, -0.1) is 0 Å². The molecule has 0 atom stereocenters. The number of aromatic nitrogens is 1. The predicted octanol–water partition coefficient (Wildman–Crippen LogP) is 3.22. The maximum absolute atomic E-state index is 11.9. The van der Waals surface area contributed by atoms with Crippen molar-refractivity contribution in [2.24, 2.45) is 16.0 Å². The minimum Gasteiger partial charge on any atom is -0.493 e. The molecule has 0 saturated heterocycles. The Kier molecular flexibility index (Phi) is 6.39. The Morgan fingerprint density at radius 3 is 2.44 bits per heavy atom. The van der Waals surface area contributed by atoms with E-state index in [9.17, 15) is 8.42 Å². The van der Waals surface area contributed by atoms with Gasteiger partial charge in [-0.2, -0.15) is 12.7 Å². The zero-order valence-electron chi connectivity index (χ0n) is 19.8. The molecule has 0 spiro atoms. The number of fused-ring (bicyclic) bond motifs is 3. The van der Waals surface area contributed by atoms with Gasteiger partial charge in [0.05, 0.1) is 38.3 Å². The fourth-order valence-electron chi connectivity index (χ4n) is 5.43. The quantitative estimate of drug-likeness (QED) is 0.612. The molecule has 0 amide bonds. The molecule has 2 aliphatic carbocycles. The van der Waals surface area contributed by atoms with Gasteiger partial charge < -0.3 is 14.4 Å². The normalized spacial score (nSPS) is 22.8. The monoisotopic (exact) mass is 487 g/mol. The number of anilines is 1. The van der Waals surface area contributed by atoms with Crippen LogP contribution in [0.15, 0.2) is 23.3 Å². The summed E-state index contributed by atoms with van der Waals surface area (Å²) in [6.07, 6.45) is 10.8. The Hall–Kier alpha value is -2.43. The van der Waals surface area contributed by atoms with E-state index in [2.05, 4.69) is 14.9 Å². The maximum atomic E-state index is 11.9. The van der Waals surface area contributed by atoms with Crippen LogP contribution in [0.3, 0.4) is 0 Å². The highest BCUT2D eigenvalue weighted by Crippen LogP contribution is 2.41. The molecule has 2 heterocycles. The van der Waals surface area contributed by atoms with E-state index in [0.29, 0.717) is 36.5 Å². The number of benzene rings is 1. The molecular weight excluding hydrogens is 454 g/mol. The van der Waals surface area contributed by atoms with Crippen LogP contribution >= 0.6 is 0 Å². The van der Waals surface area contributed by atoms with E-state index in [1.165, 1.54) is 4.31 Å². The second-order valence-electron chi connectivity index (χ2n) is 9.57. The largest absolute Gasteiger partial charge is 0.493 e. The Bertz CT molecular complexity index is 1190. The highest BCUT2D eigenvalue weighted by molar-refractivity contribution is 7.86. The van der Waals surface area contributed by atoms with Crippen molar-refractivity contribution in [2.45, 2.75) is 63.6 Å². The Morgan fingerprint density at radius 1 is 1.09 bits per heavy atom. The lowest BCUT2D eigenvalue weighted by Gasteiger charge is -2.38. The van der Waals surface area contributed by atoms with Gasteiger partial charge in [0.2, 0.25) is 0 Å². The third-order valence-electron chi connectivity index (χ3n) is 7.39. The predicted molar refractivity (Wildman–Crippen MR) is 133 cm³/mol. The molecule has 9 nitrogen and oxygen atoms in total. The van der Waals surface area contributed by atoms with Gasteiger partial charge in [-0.05, 0) is 56.9 Å². The zero-order chi connectivity index (χ0) is 23.9. The van der Waals surface area contributed by atoms with Gasteiger partial charge >= 0.3 is 0 Å². The van der Waals surface area contributed by atoms with Crippen molar-refractivity contribution in [1.29, 1.82) is 0 Å². The third-order valence-corrected chi connectivity index (χ3v) is 8.53. The number of hydrogen-bond acceptors (Lipinski definition) is 7. The van der Waals surface area contributed by atoms with Crippen LogP contribution in [0.2, 0.25) is 0 Å². The van der Waals surface area contributed by atoms with E-state index < -0.39 is 10.2 Å². The number of hydrogen-bond donors (Lipinski definition) is 1. The molecular formula is C24H33N5O4S. The number of ether oxygens (including phenoxy) is 2. The standard InChI is InChI=1S/C24H33N5O4S/c1-32-22-11-20-21(12-23(22)33-2)27-14-17-13-26-15-28(24(17)20)18-5-3-16(4-6-18)9-10-29(19-7-8-19)34(25,30)31/h11-12,14-16,18-19H,3-10,13H2,1-2H3,(H2,25,30,31). The van der Waals surface area contributed by atoms with Crippen LogP contribution in [0.4, 0.5) is 5.69 Å². The molecule has 10 heteroatoms. The number of pyridine rings is 1. The summed E-state index contributed by atoms with van der Waals surface area (Å²) < 4.78 is 36.4. The van der Waals surface area contributed by atoms with Crippen molar-refractivity contribution in [3.63, 3.8) is 0 Å². The number of nitrogens with two attached hydrogens (primary N) is 1. The van der Waals surface area contributed by atoms with E-state index in [-0.39, 0.29) is 6.04 Å². The average Bonchev–Trinajstić information content (AvgIpc) is 3.67. The lowest BCUT2D eigenvalue weighted by atomic mass is 9.83. The summed E-state index contributed by atoms with van der Waals surface area (Å²) >= 11 is 0. The second kappa shape index (κ2) is 9.31. The van der Waals surface area contributed by atoms with Crippen molar-refractivity contribution < 1.29 is 17.9 Å². The summed E-state index contributed by atoms with van der Waals surface area (Å²) in [6.45, 7) is 1.15. The fraction of sp³-hybridized carbons (Fsp3) is 0.583. The minimum atomic E-state index is -3.61. The number of nitrogens with zero attached hydrogens (tertiary/aromatic N) is 4. The SMILES string of the molecule is COc1cc2ncc3c(c2cc1OC)N(C1CCC(CCN(C2CC2)S(N)(=O)=O)CC1)C=NC3. The molecule has 184 valence electrons. The summed E-state index contributed by atoms with van der Waals surface area (Å²) in [5, 5.41) is 6.48. The van der Waals surface area contributed by atoms with Crippen LogP contribution < -0.4 is 19.5 Å². The summed E-state index contributed by atoms with van der Waals surface area (Å²) in [4.78, 5) is 11.6. The first-order valence-electron chi connectivity index (χ1n) is 12.0. The molecule has 1 aromatic heterocycles. The second-order valence-corrected chi connectivity index (χ2v) is 11.1. The van der Waals surface area contributed by atoms with Crippen LogP contribution in [0, 0.1) is 5.92 Å². The first kappa shape index (κ1) is 23.3. The minimum absolute atomic E-state index is 0.116. The molecule has 0 radical (unpaired) electrons. The van der Waals surface area contributed by atoms with Crippen molar-refractivity contribution in [3.05, 3.63) is 23.9 Å². The molecule has 0 bridgehead atoms. The number of methoxy groups -OCH3 is 2. The molecule has 1 aliphatic heterocycles. The van der Waals surface area contributed by atoms with E-state index in [4.69, 9.17) is 14.6 Å². The van der Waals surface area contributed by atoms with Crippen LogP contribution in [-0.4, -0.2) is 56.9 Å². The smallest absolute Gasteiger partial charge is 0.277 e. The Labute approximate surface area is 201 Å². The molecule has 1 aromatic carbocycles. The van der Waals surface area contributed by atoms with E-state index in [1.54, 1.807) is 14.2 Å². The van der Waals surface area contributed by atoms with Gasteiger partial charge in [-0.1, -0.05) is 0 Å². The highest BCUT2D eigenvalue weighted by atomic mass is 32.2. The van der Waals surface area contributed by atoms with Crippen LogP contribution in [-0.2, 0) is 16.8 Å². The van der Waals surface area contributed by atoms with Crippen LogP contribution in [0.25, 0.3) is 10.9 Å². The highest BCUT2D eigenvalue weighted by Gasteiger charge is 2.36. The number of rotatable bonds is 8. The molecule has 2 saturated carbocycles. The Morgan fingerprint density at radius 2 is 1.79 bits per heavy atom. The van der Waals surface area contributed by atoms with Crippen LogP contribution in [0.5, 0.6) is 11.5 Å². The van der Waals surface area contributed by atoms with E-state index >= 15 is 0 Å². The van der Waals surface area contributed by atoms with Gasteiger partial charge in [0.15, 0.2) is 11.5 Å². The van der Waals surface area contributed by atoms with Crippen molar-refractivity contribution in [3.8, 4) is 11.5 Å². The molecule has 3 aliphatic rings. The molecule has 2 aromatic rings. The molecule has 2 N–H and O–H groups in total. The topological polar surface area (TPSA) is 110 Å². The first-order valence-corrected chi connectivity index (χ1v) is 13.5. The van der Waals surface area contributed by atoms with Crippen LogP contribution in [0.1, 0.15) is 50.5 Å². The Balaban J connectivity index is 1.32. The van der Waals surface area contributed by atoms with E-state index in [0.717, 1.165) is 67.1 Å². The lowest BCUT2D eigenvalue weighted by molar-refractivity contribution is 0.281. The summed E-state index contributed by atoms with van der Waals surface area (Å²) in [5.74, 6) is 1.86. The average molecular weight is 488 g/mol. The van der Waals surface area contributed by atoms with Gasteiger partial charge in [0.25, 0.3) is 10.2 Å². The van der Waals surface area contributed by atoms with Crippen molar-refractivity contribution in [1.82, 2.24) is 9.29 Å². The first-order chi connectivity index (χ1) is 16.4. The summed E-state index contributed by atoms with van der Waals surface area (Å²) in [7, 11) is -0.336. The maximum Gasteiger partial charge on any atom is 0.277 e. The number of aliphatic imine (C=N–C) groups is 1. The fourth-order valence-corrected chi connectivity index (χ4v) is 6.42. The zero-order valence-corrected chi connectivity index (χ0v) is 20.6. The lowest BCUT2D eigenvalue weighted by Crippen LogP contribution is -2.41. The van der Waals surface area contributed by atoms with Gasteiger partial charge in [0.1, 0.15) is 0 Å². The summed E-state index contributed by atoms with van der Waals surface area (Å²) in [6, 6.07) is 4.39. The summed E-state index contributed by atoms with van der Waals surface area (Å²) in [5.41, 5.74) is 3.13. The van der Waals surface area contributed by atoms with Gasteiger partial charge in [-0.25, -0.2) is 5.14 Å².